The summed E-state index contributed by atoms with van der Waals surface area (Å²) in [4.78, 5) is 18.4. The molecule has 27 heavy (non-hydrogen) atoms. The van der Waals surface area contributed by atoms with E-state index in [4.69, 9.17) is 14.5 Å². The molecule has 1 aromatic carbocycles. The third-order valence-electron chi connectivity index (χ3n) is 5.81. The number of likely N-dealkylation sites (tertiary alicyclic amines) is 1. The third kappa shape index (κ3) is 3.29. The summed E-state index contributed by atoms with van der Waals surface area (Å²) in [7, 11) is 3.31. The zero-order valence-electron chi connectivity index (χ0n) is 16.3. The van der Waals surface area contributed by atoms with Gasteiger partial charge in [-0.15, -0.1) is 0 Å². The lowest BCUT2D eigenvalue weighted by Crippen LogP contribution is -2.41. The molecule has 2 heterocycles. The molecule has 0 radical (unpaired) electrons. The number of nitrogens with one attached hydrogen (secondary N) is 1. The fraction of sp³-hybridized carbons (Fsp3) is 0.524. The Labute approximate surface area is 159 Å². The zero-order valence-corrected chi connectivity index (χ0v) is 16.3. The first-order chi connectivity index (χ1) is 13.1. The van der Waals surface area contributed by atoms with E-state index in [2.05, 4.69) is 5.32 Å². The van der Waals surface area contributed by atoms with Crippen LogP contribution in [0.25, 0.3) is 10.9 Å². The van der Waals surface area contributed by atoms with E-state index in [0.29, 0.717) is 11.8 Å². The monoisotopic (exact) mass is 369 g/mol. The van der Waals surface area contributed by atoms with Crippen LogP contribution in [0.2, 0.25) is 0 Å². The summed E-state index contributed by atoms with van der Waals surface area (Å²) < 4.78 is 11.0. The lowest BCUT2D eigenvalue weighted by molar-refractivity contribution is -0.129. The number of aryl methyl sites for hydroxylation is 1. The van der Waals surface area contributed by atoms with Crippen molar-refractivity contribution in [1.29, 1.82) is 0 Å². The number of pyridine rings is 1. The van der Waals surface area contributed by atoms with Crippen LogP contribution < -0.4 is 14.8 Å². The van der Waals surface area contributed by atoms with Gasteiger partial charge < -0.3 is 19.7 Å². The highest BCUT2D eigenvalue weighted by atomic mass is 16.5. The van der Waals surface area contributed by atoms with Crippen molar-refractivity contribution in [3.8, 4) is 11.5 Å². The minimum atomic E-state index is 0.167. The maximum atomic E-state index is 11.6. The predicted octanol–water partition coefficient (Wildman–Crippen LogP) is 3.16. The van der Waals surface area contributed by atoms with Crippen LogP contribution in [-0.2, 0) is 17.6 Å². The predicted molar refractivity (Wildman–Crippen MR) is 106 cm³/mol. The van der Waals surface area contributed by atoms with Crippen LogP contribution in [0.3, 0.4) is 0 Å². The number of hydrogen-bond donors (Lipinski definition) is 1. The molecule has 1 saturated heterocycles. The molecule has 0 atom stereocenters. The van der Waals surface area contributed by atoms with E-state index in [1.165, 1.54) is 16.9 Å². The highest BCUT2D eigenvalue weighted by molar-refractivity contribution is 5.96. The molecule has 2 aliphatic rings. The van der Waals surface area contributed by atoms with Crippen LogP contribution in [0.1, 0.15) is 37.4 Å². The summed E-state index contributed by atoms with van der Waals surface area (Å²) in [6.45, 7) is 3.28. The van der Waals surface area contributed by atoms with E-state index in [0.717, 1.165) is 61.8 Å². The highest BCUT2D eigenvalue weighted by Crippen LogP contribution is 2.40. The van der Waals surface area contributed by atoms with Gasteiger partial charge in [-0.2, -0.15) is 0 Å². The van der Waals surface area contributed by atoms with Crippen molar-refractivity contribution in [2.45, 2.75) is 45.1 Å². The summed E-state index contributed by atoms with van der Waals surface area (Å²) in [6.07, 6.45) is 5.15. The van der Waals surface area contributed by atoms with Gasteiger partial charge in [-0.1, -0.05) is 0 Å². The minimum Gasteiger partial charge on any atom is -0.493 e. The highest BCUT2D eigenvalue weighted by Gasteiger charge is 2.25. The summed E-state index contributed by atoms with van der Waals surface area (Å²) in [5.74, 6) is 1.59. The molecule has 0 bridgehead atoms. The van der Waals surface area contributed by atoms with Crippen molar-refractivity contribution in [2.75, 3.05) is 32.6 Å². The van der Waals surface area contributed by atoms with Gasteiger partial charge in [0.2, 0.25) is 5.91 Å². The number of benzene rings is 1. The first kappa shape index (κ1) is 17.9. The van der Waals surface area contributed by atoms with Crippen LogP contribution >= 0.6 is 0 Å². The SMILES string of the molecule is COc1cc2nc3c(c(NC4CCN(C(C)=O)CC4)c2cc1OC)CCC3. The number of anilines is 1. The van der Waals surface area contributed by atoms with E-state index in [-0.39, 0.29) is 5.91 Å². The number of methoxy groups -OCH3 is 2. The molecule has 2 aromatic rings. The fourth-order valence-electron chi connectivity index (χ4n) is 4.30. The van der Waals surface area contributed by atoms with Gasteiger partial charge in [0.1, 0.15) is 0 Å². The minimum absolute atomic E-state index is 0.167. The normalized spacial score (nSPS) is 17.1. The van der Waals surface area contributed by atoms with Gasteiger partial charge in [-0.25, -0.2) is 0 Å². The second kappa shape index (κ2) is 7.25. The van der Waals surface area contributed by atoms with Gasteiger partial charge >= 0.3 is 0 Å². The Bertz CT molecular complexity index is 873. The standard InChI is InChI=1S/C21H27N3O3/c1-13(25)24-9-7-14(8-10-24)22-21-15-5-4-6-17(15)23-18-12-20(27-3)19(26-2)11-16(18)21/h11-12,14H,4-10H2,1-3H3,(H,22,23). The number of aromatic nitrogens is 1. The Kier molecular flexibility index (Phi) is 4.81. The average molecular weight is 369 g/mol. The maximum absolute atomic E-state index is 11.6. The number of carbonyl (C=O) groups excluding carboxylic acids is 1. The summed E-state index contributed by atoms with van der Waals surface area (Å²) >= 11 is 0. The van der Waals surface area contributed by atoms with Gasteiger partial charge in [-0.05, 0) is 43.7 Å². The number of rotatable bonds is 4. The van der Waals surface area contributed by atoms with E-state index in [1.54, 1.807) is 21.1 Å². The zero-order chi connectivity index (χ0) is 19.0. The molecule has 1 fully saturated rings. The molecule has 0 spiro atoms. The van der Waals surface area contributed by atoms with Crippen LogP contribution in [0.5, 0.6) is 11.5 Å². The molecular formula is C21H27N3O3. The third-order valence-corrected chi connectivity index (χ3v) is 5.81. The molecule has 144 valence electrons. The average Bonchev–Trinajstić information content (AvgIpc) is 3.15. The van der Waals surface area contributed by atoms with Crippen LogP contribution in [-0.4, -0.2) is 49.1 Å². The Morgan fingerprint density at radius 1 is 1.15 bits per heavy atom. The van der Waals surface area contributed by atoms with Gasteiger partial charge in [-0.3, -0.25) is 9.78 Å². The molecule has 0 saturated carbocycles. The van der Waals surface area contributed by atoms with Gasteiger partial charge in [0.15, 0.2) is 11.5 Å². The Hall–Kier alpha value is -2.50. The van der Waals surface area contributed by atoms with E-state index >= 15 is 0 Å². The molecule has 6 heteroatoms. The second-order valence-corrected chi connectivity index (χ2v) is 7.41. The summed E-state index contributed by atoms with van der Waals surface area (Å²) in [6, 6.07) is 4.37. The fourth-order valence-corrected chi connectivity index (χ4v) is 4.30. The van der Waals surface area contributed by atoms with Gasteiger partial charge in [0, 0.05) is 48.9 Å². The smallest absolute Gasteiger partial charge is 0.219 e. The number of ether oxygens (including phenoxy) is 2. The lowest BCUT2D eigenvalue weighted by Gasteiger charge is -2.33. The first-order valence-electron chi connectivity index (χ1n) is 9.70. The second-order valence-electron chi connectivity index (χ2n) is 7.41. The van der Waals surface area contributed by atoms with Gasteiger partial charge in [0.25, 0.3) is 0 Å². The van der Waals surface area contributed by atoms with E-state index < -0.39 is 0 Å². The van der Waals surface area contributed by atoms with Crippen molar-refractivity contribution >= 4 is 22.5 Å². The Balaban J connectivity index is 1.71. The topological polar surface area (TPSA) is 63.7 Å². The number of piperidine rings is 1. The largest absolute Gasteiger partial charge is 0.493 e. The molecule has 1 N–H and O–H groups in total. The Morgan fingerprint density at radius 3 is 2.52 bits per heavy atom. The quantitative estimate of drug-likeness (QED) is 0.897. The molecule has 1 aliphatic heterocycles. The van der Waals surface area contributed by atoms with Crippen molar-refractivity contribution in [2.24, 2.45) is 0 Å². The lowest BCUT2D eigenvalue weighted by atomic mass is 10.0. The molecule has 1 aromatic heterocycles. The summed E-state index contributed by atoms with van der Waals surface area (Å²) in [5, 5.41) is 4.88. The molecule has 6 nitrogen and oxygen atoms in total. The molecule has 1 aliphatic carbocycles. The maximum Gasteiger partial charge on any atom is 0.219 e. The van der Waals surface area contributed by atoms with Crippen molar-refractivity contribution < 1.29 is 14.3 Å². The number of fused-ring (bicyclic) bond motifs is 2. The van der Waals surface area contributed by atoms with Crippen LogP contribution in [0.15, 0.2) is 12.1 Å². The number of amides is 1. The van der Waals surface area contributed by atoms with Gasteiger partial charge in [0.05, 0.1) is 19.7 Å². The summed E-state index contributed by atoms with van der Waals surface area (Å²) in [5.41, 5.74) is 4.66. The number of carbonyl (C=O) groups is 1. The Morgan fingerprint density at radius 2 is 1.85 bits per heavy atom. The van der Waals surface area contributed by atoms with Crippen LogP contribution in [0.4, 0.5) is 5.69 Å². The number of hydrogen-bond acceptors (Lipinski definition) is 5. The molecule has 1 amide bonds. The molecule has 4 rings (SSSR count). The molecule has 0 unspecified atom stereocenters. The number of nitrogens with zero attached hydrogens (tertiary/aromatic N) is 2. The van der Waals surface area contributed by atoms with Crippen molar-refractivity contribution in [3.63, 3.8) is 0 Å². The van der Waals surface area contributed by atoms with E-state index in [9.17, 15) is 4.79 Å². The van der Waals surface area contributed by atoms with E-state index in [1.807, 2.05) is 17.0 Å². The first-order valence-corrected chi connectivity index (χ1v) is 9.70. The van der Waals surface area contributed by atoms with Crippen LogP contribution in [0, 0.1) is 0 Å². The van der Waals surface area contributed by atoms with Crippen molar-refractivity contribution in [3.05, 3.63) is 23.4 Å². The van der Waals surface area contributed by atoms with Crippen molar-refractivity contribution in [1.82, 2.24) is 9.88 Å². The molecular weight excluding hydrogens is 342 g/mol.